The number of halogens is 2. The van der Waals surface area contributed by atoms with Gasteiger partial charge in [0.05, 0.1) is 0 Å². The van der Waals surface area contributed by atoms with Crippen LogP contribution in [0.3, 0.4) is 0 Å². The Kier molecular flexibility index (Phi) is 4.02. The molecule has 0 aromatic heterocycles. The van der Waals surface area contributed by atoms with Gasteiger partial charge in [-0.05, 0) is 37.3 Å². The van der Waals surface area contributed by atoms with Crippen LogP contribution in [0.15, 0.2) is 42.5 Å². The molecule has 5 heteroatoms. The lowest BCUT2D eigenvalue weighted by Crippen LogP contribution is -2.20. The van der Waals surface area contributed by atoms with Crippen molar-refractivity contribution in [3.8, 4) is 0 Å². The van der Waals surface area contributed by atoms with Gasteiger partial charge in [0.15, 0.2) is 0 Å². The Morgan fingerprint density at radius 1 is 1.16 bits per heavy atom. The van der Waals surface area contributed by atoms with Crippen molar-refractivity contribution < 1.29 is 9.18 Å². The second kappa shape index (κ2) is 5.71. The van der Waals surface area contributed by atoms with Crippen LogP contribution in [0.1, 0.15) is 5.56 Å². The monoisotopic (exact) mass is 278 g/mol. The third-order valence-electron chi connectivity index (χ3n) is 2.60. The van der Waals surface area contributed by atoms with Crippen LogP contribution in [0.5, 0.6) is 0 Å². The van der Waals surface area contributed by atoms with Gasteiger partial charge in [-0.1, -0.05) is 23.7 Å². The predicted octanol–water partition coefficient (Wildman–Crippen LogP) is 4.43. The summed E-state index contributed by atoms with van der Waals surface area (Å²) >= 11 is 5.81. The van der Waals surface area contributed by atoms with Gasteiger partial charge >= 0.3 is 6.03 Å². The Bertz CT molecular complexity index is 616. The Hall–Kier alpha value is -2.07. The first kappa shape index (κ1) is 13.4. The van der Waals surface area contributed by atoms with Crippen LogP contribution in [-0.2, 0) is 0 Å². The minimum atomic E-state index is -0.448. The van der Waals surface area contributed by atoms with E-state index in [-0.39, 0.29) is 5.82 Å². The zero-order valence-corrected chi connectivity index (χ0v) is 11.0. The van der Waals surface area contributed by atoms with Crippen molar-refractivity contribution in [2.75, 3.05) is 10.6 Å². The Morgan fingerprint density at radius 3 is 2.63 bits per heavy atom. The van der Waals surface area contributed by atoms with E-state index in [4.69, 9.17) is 11.6 Å². The summed E-state index contributed by atoms with van der Waals surface area (Å²) in [5.74, 6) is -0.361. The average Bonchev–Trinajstić information content (AvgIpc) is 2.35. The highest BCUT2D eigenvalue weighted by Gasteiger charge is 2.07. The number of hydrogen-bond acceptors (Lipinski definition) is 1. The number of urea groups is 1. The molecule has 0 heterocycles. The van der Waals surface area contributed by atoms with E-state index >= 15 is 0 Å². The fraction of sp³-hybridized carbons (Fsp3) is 0.0714. The van der Waals surface area contributed by atoms with Gasteiger partial charge in [0.25, 0.3) is 0 Å². The lowest BCUT2D eigenvalue weighted by Gasteiger charge is -2.10. The molecule has 0 aliphatic rings. The smallest absolute Gasteiger partial charge is 0.308 e. The van der Waals surface area contributed by atoms with Gasteiger partial charge in [0.1, 0.15) is 5.82 Å². The van der Waals surface area contributed by atoms with Crippen molar-refractivity contribution in [3.63, 3.8) is 0 Å². The van der Waals surface area contributed by atoms with Gasteiger partial charge in [0, 0.05) is 22.0 Å². The van der Waals surface area contributed by atoms with Crippen molar-refractivity contribution in [2.45, 2.75) is 6.92 Å². The number of rotatable bonds is 2. The molecule has 0 saturated heterocycles. The zero-order valence-electron chi connectivity index (χ0n) is 10.2. The molecule has 19 heavy (non-hydrogen) atoms. The fourth-order valence-electron chi connectivity index (χ4n) is 1.59. The van der Waals surface area contributed by atoms with Gasteiger partial charge in [0.2, 0.25) is 0 Å². The molecule has 3 nitrogen and oxygen atoms in total. The van der Waals surface area contributed by atoms with Crippen molar-refractivity contribution in [2.24, 2.45) is 0 Å². The molecule has 0 bridgehead atoms. The largest absolute Gasteiger partial charge is 0.323 e. The molecule has 2 amide bonds. The maximum absolute atomic E-state index is 13.3. The van der Waals surface area contributed by atoms with E-state index in [0.717, 1.165) is 0 Å². The van der Waals surface area contributed by atoms with E-state index in [9.17, 15) is 9.18 Å². The zero-order chi connectivity index (χ0) is 13.8. The summed E-state index contributed by atoms with van der Waals surface area (Å²) in [6.07, 6.45) is 0. The molecule has 2 aromatic carbocycles. The highest BCUT2D eigenvalue weighted by Crippen LogP contribution is 2.18. The molecule has 0 fully saturated rings. The minimum Gasteiger partial charge on any atom is -0.308 e. The maximum Gasteiger partial charge on any atom is 0.323 e. The summed E-state index contributed by atoms with van der Waals surface area (Å²) in [6, 6.07) is 10.8. The maximum atomic E-state index is 13.3. The number of carbonyl (C=O) groups is 1. The first-order valence-electron chi connectivity index (χ1n) is 5.65. The lowest BCUT2D eigenvalue weighted by molar-refractivity contribution is 0.262. The highest BCUT2D eigenvalue weighted by atomic mass is 35.5. The van der Waals surface area contributed by atoms with Gasteiger partial charge in [-0.25, -0.2) is 9.18 Å². The normalized spacial score (nSPS) is 10.1. The molecule has 0 aliphatic carbocycles. The molecular weight excluding hydrogens is 267 g/mol. The molecule has 0 saturated carbocycles. The van der Waals surface area contributed by atoms with Gasteiger partial charge < -0.3 is 10.6 Å². The Morgan fingerprint density at radius 2 is 1.89 bits per heavy atom. The van der Waals surface area contributed by atoms with Crippen LogP contribution in [0.2, 0.25) is 5.02 Å². The summed E-state index contributed by atoms with van der Waals surface area (Å²) in [4.78, 5) is 11.8. The van der Waals surface area contributed by atoms with Gasteiger partial charge in [-0.3, -0.25) is 0 Å². The molecule has 98 valence electrons. The molecule has 2 N–H and O–H groups in total. The second-order valence-electron chi connectivity index (χ2n) is 4.00. The van der Waals surface area contributed by atoms with Crippen molar-refractivity contribution in [3.05, 3.63) is 58.9 Å². The van der Waals surface area contributed by atoms with Gasteiger partial charge in [-0.2, -0.15) is 0 Å². The number of amides is 2. The fourth-order valence-corrected chi connectivity index (χ4v) is 1.78. The van der Waals surface area contributed by atoms with E-state index < -0.39 is 6.03 Å². The second-order valence-corrected chi connectivity index (χ2v) is 4.44. The summed E-state index contributed by atoms with van der Waals surface area (Å²) in [5, 5.41) is 5.73. The van der Waals surface area contributed by atoms with Crippen molar-refractivity contribution in [1.29, 1.82) is 0 Å². The van der Waals surface area contributed by atoms with Crippen LogP contribution in [0.25, 0.3) is 0 Å². The molecule has 0 aliphatic heterocycles. The third kappa shape index (κ3) is 3.45. The summed E-state index contributed by atoms with van der Waals surface area (Å²) in [5.41, 5.74) is 1.39. The van der Waals surface area contributed by atoms with E-state index in [1.807, 2.05) is 0 Å². The van der Waals surface area contributed by atoms with E-state index in [1.54, 1.807) is 37.3 Å². The molecule has 0 atom stereocenters. The van der Waals surface area contributed by atoms with Crippen molar-refractivity contribution in [1.82, 2.24) is 0 Å². The molecular formula is C14H12ClFN2O. The van der Waals surface area contributed by atoms with Crippen LogP contribution >= 0.6 is 11.6 Å². The molecule has 2 rings (SSSR count). The van der Waals surface area contributed by atoms with Crippen LogP contribution < -0.4 is 10.6 Å². The summed E-state index contributed by atoms with van der Waals surface area (Å²) in [7, 11) is 0. The minimum absolute atomic E-state index is 0.361. The molecule has 2 aromatic rings. The van der Waals surface area contributed by atoms with Crippen molar-refractivity contribution >= 4 is 29.0 Å². The van der Waals surface area contributed by atoms with Crippen LogP contribution in [-0.4, -0.2) is 6.03 Å². The molecule has 0 unspecified atom stereocenters. The Labute approximate surface area is 115 Å². The summed E-state index contributed by atoms with van der Waals surface area (Å²) in [6.45, 7) is 1.60. The van der Waals surface area contributed by atoms with Crippen LogP contribution in [0, 0.1) is 12.7 Å². The SMILES string of the molecule is Cc1c(F)cccc1NC(=O)Nc1cccc(Cl)c1. The summed E-state index contributed by atoms with van der Waals surface area (Å²) < 4.78 is 13.3. The number of anilines is 2. The first-order chi connectivity index (χ1) is 9.06. The first-order valence-corrected chi connectivity index (χ1v) is 6.03. The topological polar surface area (TPSA) is 41.1 Å². The molecule has 0 radical (unpaired) electrons. The number of nitrogens with one attached hydrogen (secondary N) is 2. The van der Waals surface area contributed by atoms with E-state index in [2.05, 4.69) is 10.6 Å². The van der Waals surface area contributed by atoms with E-state index in [1.165, 1.54) is 12.1 Å². The third-order valence-corrected chi connectivity index (χ3v) is 2.83. The Balaban J connectivity index is 2.08. The number of benzene rings is 2. The van der Waals surface area contributed by atoms with Crippen LogP contribution in [0.4, 0.5) is 20.6 Å². The average molecular weight is 279 g/mol. The molecule has 0 spiro atoms. The number of hydrogen-bond donors (Lipinski definition) is 2. The highest BCUT2D eigenvalue weighted by molar-refractivity contribution is 6.30. The lowest BCUT2D eigenvalue weighted by atomic mass is 10.2. The number of carbonyl (C=O) groups excluding carboxylic acids is 1. The predicted molar refractivity (Wildman–Crippen MR) is 75.2 cm³/mol. The van der Waals surface area contributed by atoms with Gasteiger partial charge in [-0.15, -0.1) is 0 Å². The standard InChI is InChI=1S/C14H12ClFN2O/c1-9-12(16)6-3-7-13(9)18-14(19)17-11-5-2-4-10(15)8-11/h2-8H,1H3,(H2,17,18,19). The van der Waals surface area contributed by atoms with E-state index in [0.29, 0.717) is 22.0 Å². The quantitative estimate of drug-likeness (QED) is 0.838.